The van der Waals surface area contributed by atoms with Gasteiger partial charge in [0.15, 0.2) is 16.1 Å². The smallest absolute Gasteiger partial charge is 0.251 e. The molecule has 31 heavy (non-hydrogen) atoms. The van der Waals surface area contributed by atoms with Crippen LogP contribution in [0.1, 0.15) is 33.7 Å². The molecule has 0 aliphatic rings. The molecule has 0 aliphatic carbocycles. The molecule has 0 bridgehead atoms. The van der Waals surface area contributed by atoms with Gasteiger partial charge in [0.1, 0.15) is 0 Å². The van der Waals surface area contributed by atoms with Gasteiger partial charge >= 0.3 is 0 Å². The van der Waals surface area contributed by atoms with Crippen LogP contribution in [0.2, 0.25) is 10.0 Å². The number of anilines is 1. The molecule has 2 N–H and O–H groups in total. The highest BCUT2D eigenvalue weighted by Crippen LogP contribution is 2.25. The van der Waals surface area contributed by atoms with E-state index >= 15 is 0 Å². The predicted molar refractivity (Wildman–Crippen MR) is 124 cm³/mol. The zero-order chi connectivity index (χ0) is 22.7. The molecule has 0 unspecified atom stereocenters. The Bertz CT molecular complexity index is 1110. The number of nitrogens with zero attached hydrogens (tertiary/aromatic N) is 4. The third kappa shape index (κ3) is 5.76. The summed E-state index contributed by atoms with van der Waals surface area (Å²) in [6.45, 7) is 5.82. The lowest BCUT2D eigenvalue weighted by Gasteiger charge is -2.10. The summed E-state index contributed by atoms with van der Waals surface area (Å²) in [4.78, 5) is 30.2. The van der Waals surface area contributed by atoms with Crippen LogP contribution < -0.4 is 10.6 Å². The first-order chi connectivity index (χ1) is 14.7. The van der Waals surface area contributed by atoms with Gasteiger partial charge in [-0.1, -0.05) is 35.0 Å². The van der Waals surface area contributed by atoms with E-state index in [9.17, 15) is 9.59 Å². The van der Waals surface area contributed by atoms with Crippen LogP contribution in [0.5, 0.6) is 0 Å². The number of aromatic nitrogens is 4. The number of halogens is 2. The third-order valence-electron chi connectivity index (χ3n) is 4.42. The van der Waals surface area contributed by atoms with Crippen molar-refractivity contribution in [1.82, 2.24) is 25.1 Å². The van der Waals surface area contributed by atoms with Crippen LogP contribution in [0.15, 0.2) is 23.4 Å². The molecule has 0 radical (unpaired) electrons. The van der Waals surface area contributed by atoms with E-state index in [1.54, 1.807) is 30.7 Å². The second kappa shape index (κ2) is 9.99. The largest absolute Gasteiger partial charge is 0.345 e. The van der Waals surface area contributed by atoms with Gasteiger partial charge in [0.05, 0.1) is 27.5 Å². The summed E-state index contributed by atoms with van der Waals surface area (Å²) in [7, 11) is 1.78. The van der Waals surface area contributed by atoms with Crippen LogP contribution in [-0.2, 0) is 18.4 Å². The quantitative estimate of drug-likeness (QED) is 0.472. The van der Waals surface area contributed by atoms with Crippen molar-refractivity contribution in [1.29, 1.82) is 0 Å². The molecule has 0 aliphatic heterocycles. The molecule has 0 saturated heterocycles. The molecule has 164 valence electrons. The SMILES string of the molecule is Cc1nc(NC(=O)[C@@H](C)Sc2nnc(CNC(=O)c3ccc(Cl)c(Cl)c3)n2C)sc1C. The zero-order valence-electron chi connectivity index (χ0n) is 17.2. The second-order valence-corrected chi connectivity index (χ2v) is 10.0. The average Bonchev–Trinajstić information content (AvgIpc) is 3.23. The summed E-state index contributed by atoms with van der Waals surface area (Å²) in [5, 5.41) is 15.3. The van der Waals surface area contributed by atoms with Crippen molar-refractivity contribution in [3.63, 3.8) is 0 Å². The molecule has 8 nitrogen and oxygen atoms in total. The number of thioether (sulfide) groups is 1. The molecule has 3 aromatic rings. The van der Waals surface area contributed by atoms with E-state index in [0.29, 0.717) is 31.7 Å². The fourth-order valence-corrected chi connectivity index (χ4v) is 4.39. The Hall–Kier alpha value is -2.14. The summed E-state index contributed by atoms with van der Waals surface area (Å²) in [6.07, 6.45) is 0. The minimum atomic E-state index is -0.411. The Kier molecular flexibility index (Phi) is 7.58. The van der Waals surface area contributed by atoms with Gasteiger partial charge in [-0.15, -0.1) is 21.5 Å². The first kappa shape index (κ1) is 23.5. The summed E-state index contributed by atoms with van der Waals surface area (Å²) in [6, 6.07) is 4.66. The lowest BCUT2D eigenvalue weighted by molar-refractivity contribution is -0.115. The lowest BCUT2D eigenvalue weighted by atomic mass is 10.2. The summed E-state index contributed by atoms with van der Waals surface area (Å²) < 4.78 is 1.74. The van der Waals surface area contributed by atoms with E-state index in [1.807, 2.05) is 13.8 Å². The van der Waals surface area contributed by atoms with Crippen LogP contribution in [-0.4, -0.2) is 36.8 Å². The Labute approximate surface area is 197 Å². The fraction of sp³-hybridized carbons (Fsp3) is 0.316. The van der Waals surface area contributed by atoms with Gasteiger partial charge in [-0.05, 0) is 39.0 Å². The molecular formula is C19H20Cl2N6O2S2. The van der Waals surface area contributed by atoms with Crippen molar-refractivity contribution in [2.24, 2.45) is 7.05 Å². The van der Waals surface area contributed by atoms with Crippen LogP contribution in [0.25, 0.3) is 0 Å². The number of carbonyl (C=O) groups excluding carboxylic acids is 2. The van der Waals surface area contributed by atoms with Gasteiger partial charge in [-0.3, -0.25) is 9.59 Å². The number of hydrogen-bond donors (Lipinski definition) is 2. The van der Waals surface area contributed by atoms with Gasteiger partial charge in [0, 0.05) is 17.5 Å². The zero-order valence-corrected chi connectivity index (χ0v) is 20.3. The summed E-state index contributed by atoms with van der Waals surface area (Å²) in [5.41, 5.74) is 1.30. The van der Waals surface area contributed by atoms with Crippen molar-refractivity contribution >= 4 is 63.2 Å². The van der Waals surface area contributed by atoms with Crippen molar-refractivity contribution in [3.05, 3.63) is 50.2 Å². The molecule has 0 fully saturated rings. The maximum atomic E-state index is 12.5. The number of aryl methyl sites for hydroxylation is 2. The maximum Gasteiger partial charge on any atom is 0.251 e. The van der Waals surface area contributed by atoms with Crippen LogP contribution in [0.3, 0.4) is 0 Å². The molecule has 2 aromatic heterocycles. The first-order valence-electron chi connectivity index (χ1n) is 9.18. The minimum absolute atomic E-state index is 0.168. The third-order valence-corrected chi connectivity index (χ3v) is 7.29. The monoisotopic (exact) mass is 498 g/mol. The number of nitrogens with one attached hydrogen (secondary N) is 2. The Balaban J connectivity index is 1.58. The van der Waals surface area contributed by atoms with Crippen molar-refractivity contribution < 1.29 is 9.59 Å². The van der Waals surface area contributed by atoms with E-state index in [0.717, 1.165) is 10.6 Å². The lowest BCUT2D eigenvalue weighted by Crippen LogP contribution is -2.25. The predicted octanol–water partition coefficient (Wildman–Crippen LogP) is 4.24. The van der Waals surface area contributed by atoms with E-state index in [4.69, 9.17) is 23.2 Å². The highest BCUT2D eigenvalue weighted by molar-refractivity contribution is 8.00. The average molecular weight is 499 g/mol. The number of thiazole rings is 1. The van der Waals surface area contributed by atoms with E-state index in [2.05, 4.69) is 25.8 Å². The Morgan fingerprint density at radius 3 is 2.61 bits per heavy atom. The molecule has 12 heteroatoms. The van der Waals surface area contributed by atoms with Gasteiger partial charge in [-0.25, -0.2) is 4.98 Å². The maximum absolute atomic E-state index is 12.5. The first-order valence-corrected chi connectivity index (χ1v) is 11.6. The summed E-state index contributed by atoms with van der Waals surface area (Å²) >= 11 is 14.6. The van der Waals surface area contributed by atoms with Gasteiger partial charge < -0.3 is 15.2 Å². The number of carbonyl (C=O) groups is 2. The Morgan fingerprint density at radius 2 is 1.97 bits per heavy atom. The van der Waals surface area contributed by atoms with E-state index in [1.165, 1.54) is 29.2 Å². The normalized spacial score (nSPS) is 11.9. The van der Waals surface area contributed by atoms with E-state index < -0.39 is 5.25 Å². The van der Waals surface area contributed by atoms with Crippen LogP contribution >= 0.6 is 46.3 Å². The molecule has 0 saturated carbocycles. The van der Waals surface area contributed by atoms with Gasteiger partial charge in [0.2, 0.25) is 5.91 Å². The number of hydrogen-bond acceptors (Lipinski definition) is 7. The van der Waals surface area contributed by atoms with Crippen LogP contribution in [0.4, 0.5) is 5.13 Å². The number of rotatable bonds is 7. The molecule has 1 atom stereocenters. The topological polar surface area (TPSA) is 102 Å². The van der Waals surface area contributed by atoms with Crippen molar-refractivity contribution in [2.45, 2.75) is 37.7 Å². The van der Waals surface area contributed by atoms with Crippen molar-refractivity contribution in [2.75, 3.05) is 5.32 Å². The highest BCUT2D eigenvalue weighted by atomic mass is 35.5. The fourth-order valence-electron chi connectivity index (χ4n) is 2.45. The Morgan fingerprint density at radius 1 is 1.23 bits per heavy atom. The summed E-state index contributed by atoms with van der Waals surface area (Å²) in [5.74, 6) is 0.0726. The van der Waals surface area contributed by atoms with Crippen molar-refractivity contribution in [3.8, 4) is 0 Å². The van der Waals surface area contributed by atoms with Gasteiger partial charge in [-0.2, -0.15) is 0 Å². The molecule has 0 spiro atoms. The van der Waals surface area contributed by atoms with E-state index in [-0.39, 0.29) is 18.4 Å². The number of benzene rings is 1. The van der Waals surface area contributed by atoms with Gasteiger partial charge in [0.25, 0.3) is 5.91 Å². The molecule has 3 rings (SSSR count). The highest BCUT2D eigenvalue weighted by Gasteiger charge is 2.20. The molecular weight excluding hydrogens is 479 g/mol. The second-order valence-electron chi connectivity index (χ2n) is 6.68. The molecule has 2 heterocycles. The standard InChI is InChI=1S/C19H20Cl2N6O2S2/c1-9-10(2)30-18(23-9)24-16(28)11(3)31-19-26-25-15(27(19)4)8-22-17(29)12-5-6-13(20)14(21)7-12/h5-7,11H,8H2,1-4H3,(H,22,29)(H,23,24,28)/t11-/m1/s1. The molecule has 2 amide bonds. The minimum Gasteiger partial charge on any atom is -0.345 e. The van der Waals surface area contributed by atoms with Crippen LogP contribution in [0, 0.1) is 13.8 Å². The molecule has 1 aromatic carbocycles. The number of amides is 2.